The van der Waals surface area contributed by atoms with Crippen LogP contribution in [0.4, 0.5) is 10.1 Å². The lowest BCUT2D eigenvalue weighted by Crippen LogP contribution is -2.33. The van der Waals surface area contributed by atoms with Crippen molar-refractivity contribution >= 4 is 23.2 Å². The van der Waals surface area contributed by atoms with Gasteiger partial charge < -0.3 is 9.57 Å². The second-order valence-corrected chi connectivity index (χ2v) is 6.23. The topological polar surface area (TPSA) is 68.2 Å². The van der Waals surface area contributed by atoms with Gasteiger partial charge in [-0.25, -0.2) is 9.29 Å². The molecule has 2 heterocycles. The lowest BCUT2D eigenvalue weighted by molar-refractivity contribution is -0.120. The molecule has 3 aliphatic rings. The summed E-state index contributed by atoms with van der Waals surface area (Å²) in [5, 5.41) is 3.95. The molecule has 6 nitrogen and oxygen atoms in total. The van der Waals surface area contributed by atoms with E-state index in [0.29, 0.717) is 54.0 Å². The summed E-state index contributed by atoms with van der Waals surface area (Å²) in [6, 6.07) is 2.66. The van der Waals surface area contributed by atoms with Crippen LogP contribution in [0.1, 0.15) is 37.7 Å². The van der Waals surface area contributed by atoms with Crippen LogP contribution in [-0.2, 0) is 14.4 Å². The van der Waals surface area contributed by atoms with Crippen LogP contribution in [0, 0.1) is 5.82 Å². The number of nitrogens with zero attached hydrogens (tertiary/aromatic N) is 2. The standard InChI is InChI=1S/C18H17FN2O4/c1-24-20-14-6-7-25-16-9-13(19)15(8-12(14)16)21-17(22)10-4-2-3-5-11(10)18(21)23/h8-9H,2-7H2,1H3/b20-14-. The summed E-state index contributed by atoms with van der Waals surface area (Å²) >= 11 is 0. The zero-order valence-corrected chi connectivity index (χ0v) is 13.8. The molecule has 0 bridgehead atoms. The molecule has 0 fully saturated rings. The first-order valence-corrected chi connectivity index (χ1v) is 8.29. The molecule has 0 spiro atoms. The summed E-state index contributed by atoms with van der Waals surface area (Å²) in [7, 11) is 1.43. The van der Waals surface area contributed by atoms with E-state index in [1.807, 2.05) is 0 Å². The van der Waals surface area contributed by atoms with Gasteiger partial charge in [-0.15, -0.1) is 0 Å². The number of hydrogen-bond donors (Lipinski definition) is 0. The minimum absolute atomic E-state index is 0.0579. The van der Waals surface area contributed by atoms with E-state index in [2.05, 4.69) is 5.16 Å². The molecular weight excluding hydrogens is 327 g/mol. The van der Waals surface area contributed by atoms with Crippen molar-refractivity contribution in [3.63, 3.8) is 0 Å². The minimum Gasteiger partial charge on any atom is -0.492 e. The first kappa shape index (κ1) is 15.8. The zero-order chi connectivity index (χ0) is 17.6. The van der Waals surface area contributed by atoms with Crippen LogP contribution in [0.5, 0.6) is 5.75 Å². The van der Waals surface area contributed by atoms with E-state index < -0.39 is 17.6 Å². The predicted molar refractivity (Wildman–Crippen MR) is 88.0 cm³/mol. The van der Waals surface area contributed by atoms with Gasteiger partial charge in [-0.05, 0) is 31.7 Å². The van der Waals surface area contributed by atoms with Crippen LogP contribution in [0.2, 0.25) is 0 Å². The maximum Gasteiger partial charge on any atom is 0.261 e. The van der Waals surface area contributed by atoms with Gasteiger partial charge >= 0.3 is 0 Å². The highest BCUT2D eigenvalue weighted by atomic mass is 19.1. The molecule has 0 saturated carbocycles. The van der Waals surface area contributed by atoms with Crippen LogP contribution in [-0.4, -0.2) is 31.2 Å². The number of carbonyl (C=O) groups is 2. The SMILES string of the molecule is CO/N=C1/CCOc2cc(F)c(N3C(=O)C4=C(CCCC4)C3=O)cc21. The summed E-state index contributed by atoms with van der Waals surface area (Å²) in [6.45, 7) is 0.366. The van der Waals surface area contributed by atoms with Crippen LogP contribution in [0.15, 0.2) is 28.4 Å². The Morgan fingerprint density at radius 2 is 1.80 bits per heavy atom. The quantitative estimate of drug-likeness (QED) is 0.611. The number of ether oxygens (including phenoxy) is 1. The van der Waals surface area contributed by atoms with Crippen molar-refractivity contribution in [1.29, 1.82) is 0 Å². The van der Waals surface area contributed by atoms with E-state index in [9.17, 15) is 14.0 Å². The number of benzene rings is 1. The summed E-state index contributed by atoms with van der Waals surface area (Å²) < 4.78 is 20.1. The molecule has 0 radical (unpaired) electrons. The molecule has 0 saturated heterocycles. The van der Waals surface area contributed by atoms with Gasteiger partial charge in [0.05, 0.1) is 18.0 Å². The normalized spacial score (nSPS) is 21.4. The molecule has 130 valence electrons. The van der Waals surface area contributed by atoms with Crippen molar-refractivity contribution < 1.29 is 23.6 Å². The highest BCUT2D eigenvalue weighted by Gasteiger charge is 2.41. The molecule has 0 aromatic heterocycles. The summed E-state index contributed by atoms with van der Waals surface area (Å²) in [5.41, 5.74) is 2.13. The fourth-order valence-electron chi connectivity index (χ4n) is 3.62. The molecule has 2 aliphatic heterocycles. The highest BCUT2D eigenvalue weighted by molar-refractivity contribution is 6.33. The Kier molecular flexibility index (Phi) is 3.78. The summed E-state index contributed by atoms with van der Waals surface area (Å²) in [5.74, 6) is -1.17. The Hall–Kier alpha value is -2.70. The van der Waals surface area contributed by atoms with Crippen molar-refractivity contribution in [2.75, 3.05) is 18.6 Å². The van der Waals surface area contributed by atoms with Gasteiger partial charge in [0.2, 0.25) is 0 Å². The van der Waals surface area contributed by atoms with Crippen molar-refractivity contribution in [1.82, 2.24) is 0 Å². The number of imide groups is 1. The second-order valence-electron chi connectivity index (χ2n) is 6.23. The van der Waals surface area contributed by atoms with Crippen LogP contribution in [0.25, 0.3) is 0 Å². The fraction of sp³-hybridized carbons (Fsp3) is 0.389. The zero-order valence-electron chi connectivity index (χ0n) is 13.8. The number of carbonyl (C=O) groups excluding carboxylic acids is 2. The van der Waals surface area contributed by atoms with E-state index in [0.717, 1.165) is 17.7 Å². The van der Waals surface area contributed by atoms with E-state index in [1.54, 1.807) is 0 Å². The average Bonchev–Trinajstić information content (AvgIpc) is 2.87. The van der Waals surface area contributed by atoms with Crippen molar-refractivity contribution in [3.8, 4) is 5.75 Å². The van der Waals surface area contributed by atoms with Gasteiger partial charge in [-0.1, -0.05) is 5.16 Å². The predicted octanol–water partition coefficient (Wildman–Crippen LogP) is 2.70. The second kappa shape index (κ2) is 5.98. The van der Waals surface area contributed by atoms with Crippen molar-refractivity contribution in [2.45, 2.75) is 32.1 Å². The fourth-order valence-corrected chi connectivity index (χ4v) is 3.62. The molecule has 1 aromatic rings. The number of hydrogen-bond acceptors (Lipinski definition) is 5. The minimum atomic E-state index is -0.668. The van der Waals surface area contributed by atoms with Gasteiger partial charge in [0, 0.05) is 29.2 Å². The Balaban J connectivity index is 1.79. The maximum atomic E-state index is 14.7. The van der Waals surface area contributed by atoms with E-state index in [1.165, 1.54) is 19.2 Å². The molecule has 25 heavy (non-hydrogen) atoms. The highest BCUT2D eigenvalue weighted by Crippen LogP contribution is 2.39. The monoisotopic (exact) mass is 344 g/mol. The first-order valence-electron chi connectivity index (χ1n) is 8.29. The molecule has 1 aliphatic carbocycles. The maximum absolute atomic E-state index is 14.7. The van der Waals surface area contributed by atoms with Gasteiger partial charge in [-0.2, -0.15) is 0 Å². The number of fused-ring (bicyclic) bond motifs is 1. The van der Waals surface area contributed by atoms with E-state index >= 15 is 0 Å². The van der Waals surface area contributed by atoms with E-state index in [-0.39, 0.29) is 5.69 Å². The van der Waals surface area contributed by atoms with Gasteiger partial charge in [-0.3, -0.25) is 9.59 Å². The van der Waals surface area contributed by atoms with E-state index in [4.69, 9.17) is 9.57 Å². The molecule has 0 N–H and O–H groups in total. The molecular formula is C18H17FN2O4. The molecule has 0 atom stereocenters. The Morgan fingerprint density at radius 1 is 1.12 bits per heavy atom. The van der Waals surface area contributed by atoms with Crippen LogP contribution >= 0.6 is 0 Å². The molecule has 2 amide bonds. The smallest absolute Gasteiger partial charge is 0.261 e. The van der Waals surface area contributed by atoms with Gasteiger partial charge in [0.25, 0.3) is 11.8 Å². The Bertz CT molecular complexity index is 816. The van der Waals surface area contributed by atoms with Crippen molar-refractivity contribution in [2.24, 2.45) is 5.16 Å². The lowest BCUT2D eigenvalue weighted by atomic mass is 9.93. The van der Waals surface area contributed by atoms with Gasteiger partial charge in [0.15, 0.2) is 5.82 Å². The number of amides is 2. The Morgan fingerprint density at radius 3 is 2.44 bits per heavy atom. The molecule has 7 heteroatoms. The third-order valence-corrected chi connectivity index (χ3v) is 4.79. The number of oxime groups is 1. The largest absolute Gasteiger partial charge is 0.492 e. The first-order chi connectivity index (χ1) is 12.1. The third-order valence-electron chi connectivity index (χ3n) is 4.79. The molecule has 4 rings (SSSR count). The van der Waals surface area contributed by atoms with Crippen LogP contribution < -0.4 is 9.64 Å². The lowest BCUT2D eigenvalue weighted by Gasteiger charge is -2.22. The van der Waals surface area contributed by atoms with Crippen molar-refractivity contribution in [3.05, 3.63) is 34.7 Å². The number of rotatable bonds is 2. The average molecular weight is 344 g/mol. The Labute approximate surface area is 143 Å². The summed E-state index contributed by atoms with van der Waals surface area (Å²) in [6.07, 6.45) is 3.39. The third kappa shape index (κ3) is 2.42. The van der Waals surface area contributed by atoms with Gasteiger partial charge in [0.1, 0.15) is 12.9 Å². The number of halogens is 1. The molecule has 0 unspecified atom stereocenters. The number of anilines is 1. The van der Waals surface area contributed by atoms with Crippen LogP contribution in [0.3, 0.4) is 0 Å². The summed E-state index contributed by atoms with van der Waals surface area (Å²) in [4.78, 5) is 31.1. The molecule has 1 aromatic carbocycles.